The van der Waals surface area contributed by atoms with E-state index < -0.39 is 6.03 Å². The van der Waals surface area contributed by atoms with E-state index in [0.717, 1.165) is 6.42 Å². The number of urea groups is 1. The second-order valence-electron chi connectivity index (χ2n) is 1.73. The van der Waals surface area contributed by atoms with Crippen molar-refractivity contribution < 1.29 is 4.79 Å². The Balaban J connectivity index is 3.32. The first-order chi connectivity index (χ1) is 3.68. The first kappa shape index (κ1) is 7.27. The molecule has 1 radical (unpaired) electrons. The monoisotopic (exact) mass is 115 g/mol. The molecule has 1 N–H and O–H groups in total. The van der Waals surface area contributed by atoms with Crippen molar-refractivity contribution in [1.82, 2.24) is 10.6 Å². The van der Waals surface area contributed by atoms with E-state index in [9.17, 15) is 4.79 Å². The second kappa shape index (κ2) is 3.29. The Kier molecular flexibility index (Phi) is 2.99. The van der Waals surface area contributed by atoms with E-state index in [1.807, 2.05) is 6.92 Å². The molecule has 0 aliphatic heterocycles. The average molecular weight is 115 g/mol. The topological polar surface area (TPSA) is 44.1 Å². The van der Waals surface area contributed by atoms with Crippen LogP contribution in [0.4, 0.5) is 4.79 Å². The molecule has 0 spiro atoms. The smallest absolute Gasteiger partial charge is 0.326 e. The molecule has 47 valence electrons. The van der Waals surface area contributed by atoms with E-state index in [0.29, 0.717) is 6.54 Å². The maximum atomic E-state index is 10.1. The van der Waals surface area contributed by atoms with Crippen molar-refractivity contribution in [2.75, 3.05) is 13.6 Å². The molecule has 0 saturated heterocycles. The van der Waals surface area contributed by atoms with Gasteiger partial charge in [0, 0.05) is 13.6 Å². The minimum Gasteiger partial charge on any atom is -0.326 e. The molecule has 0 aromatic heterocycles. The van der Waals surface area contributed by atoms with Crippen LogP contribution in [0.1, 0.15) is 13.3 Å². The highest BCUT2D eigenvalue weighted by Crippen LogP contribution is 1.84. The van der Waals surface area contributed by atoms with E-state index in [2.05, 4.69) is 0 Å². The fraction of sp³-hybridized carbons (Fsp3) is 0.800. The maximum Gasteiger partial charge on any atom is 0.335 e. The molecule has 0 atom stereocenters. The largest absolute Gasteiger partial charge is 0.335 e. The van der Waals surface area contributed by atoms with Crippen LogP contribution >= 0.6 is 0 Å². The van der Waals surface area contributed by atoms with Crippen LogP contribution in [-0.4, -0.2) is 24.5 Å². The molecule has 0 rings (SSSR count). The Bertz CT molecular complexity index is 82.5. The van der Waals surface area contributed by atoms with Gasteiger partial charge in [-0.1, -0.05) is 6.92 Å². The van der Waals surface area contributed by atoms with Crippen LogP contribution in [0.3, 0.4) is 0 Å². The predicted molar refractivity (Wildman–Crippen MR) is 31.4 cm³/mol. The lowest BCUT2D eigenvalue weighted by Crippen LogP contribution is -2.26. The molecule has 8 heavy (non-hydrogen) atoms. The van der Waals surface area contributed by atoms with E-state index in [4.69, 9.17) is 5.73 Å². The molecule has 0 aliphatic carbocycles. The summed E-state index contributed by atoms with van der Waals surface area (Å²) < 4.78 is 0. The molecule has 0 heterocycles. The normalized spacial score (nSPS) is 8.75. The fourth-order valence-electron chi connectivity index (χ4n) is 0.437. The number of rotatable bonds is 2. The number of nitrogens with zero attached hydrogens (tertiary/aromatic N) is 1. The highest BCUT2D eigenvalue weighted by Gasteiger charge is 1.98. The highest BCUT2D eigenvalue weighted by molar-refractivity contribution is 5.70. The van der Waals surface area contributed by atoms with Crippen LogP contribution in [0, 0.1) is 0 Å². The van der Waals surface area contributed by atoms with Crippen LogP contribution in [0.5, 0.6) is 0 Å². The van der Waals surface area contributed by atoms with Crippen molar-refractivity contribution in [3.05, 3.63) is 0 Å². The SMILES string of the molecule is CCCN(C)C([NH])=O. The zero-order valence-corrected chi connectivity index (χ0v) is 5.27. The molecule has 0 bridgehead atoms. The molecule has 0 saturated carbocycles. The van der Waals surface area contributed by atoms with E-state index in [1.165, 1.54) is 4.90 Å². The molecular weight excluding hydrogens is 104 g/mol. The van der Waals surface area contributed by atoms with Crippen molar-refractivity contribution in [3.8, 4) is 0 Å². The number of hydrogen-bond donors (Lipinski definition) is 0. The van der Waals surface area contributed by atoms with Gasteiger partial charge in [-0.3, -0.25) is 0 Å². The van der Waals surface area contributed by atoms with Gasteiger partial charge >= 0.3 is 6.03 Å². The van der Waals surface area contributed by atoms with Gasteiger partial charge in [0.15, 0.2) is 0 Å². The predicted octanol–water partition coefficient (Wildman–Crippen LogP) is 0.731. The summed E-state index contributed by atoms with van der Waals surface area (Å²) in [6.07, 6.45) is 0.918. The molecule has 0 aromatic rings. The number of hydrogen-bond acceptors (Lipinski definition) is 1. The van der Waals surface area contributed by atoms with Crippen LogP contribution in [0.15, 0.2) is 0 Å². The second-order valence-corrected chi connectivity index (χ2v) is 1.73. The lowest BCUT2D eigenvalue weighted by molar-refractivity contribution is 0.217. The van der Waals surface area contributed by atoms with Gasteiger partial charge in [0.2, 0.25) is 0 Å². The summed E-state index contributed by atoms with van der Waals surface area (Å²) in [5.41, 5.74) is 6.57. The van der Waals surface area contributed by atoms with Crippen molar-refractivity contribution in [3.63, 3.8) is 0 Å². The van der Waals surface area contributed by atoms with E-state index >= 15 is 0 Å². The van der Waals surface area contributed by atoms with Crippen LogP contribution in [0.25, 0.3) is 0 Å². The summed E-state index contributed by atoms with van der Waals surface area (Å²) in [5, 5.41) is 0. The van der Waals surface area contributed by atoms with Gasteiger partial charge < -0.3 is 4.90 Å². The standard InChI is InChI=1S/C5H11N2O/c1-3-4-7(2)5(6)8/h6H,3-4H2,1-2H3. The van der Waals surface area contributed by atoms with Gasteiger partial charge in [0.05, 0.1) is 0 Å². The Morgan fingerprint density at radius 3 is 2.38 bits per heavy atom. The molecule has 2 amide bonds. The summed E-state index contributed by atoms with van der Waals surface area (Å²) in [6, 6.07) is -0.605. The Labute approximate surface area is 49.5 Å². The van der Waals surface area contributed by atoms with E-state index in [1.54, 1.807) is 7.05 Å². The number of carbonyl (C=O) groups excluding carboxylic acids is 1. The third-order valence-electron chi connectivity index (χ3n) is 0.906. The molecule has 0 aromatic carbocycles. The maximum absolute atomic E-state index is 10.1. The van der Waals surface area contributed by atoms with Crippen LogP contribution < -0.4 is 5.73 Å². The first-order valence-corrected chi connectivity index (χ1v) is 2.65. The summed E-state index contributed by atoms with van der Waals surface area (Å²) in [4.78, 5) is 11.5. The first-order valence-electron chi connectivity index (χ1n) is 2.65. The third kappa shape index (κ3) is 2.44. The molecule has 0 aliphatic rings. The van der Waals surface area contributed by atoms with Crippen molar-refractivity contribution >= 4 is 6.03 Å². The Hall–Kier alpha value is -0.730. The molecule has 0 fully saturated rings. The molecular formula is C5H11N2O. The minimum absolute atomic E-state index is 0.605. The van der Waals surface area contributed by atoms with Crippen molar-refractivity contribution in [2.24, 2.45) is 0 Å². The van der Waals surface area contributed by atoms with Gasteiger partial charge in [-0.05, 0) is 6.42 Å². The van der Waals surface area contributed by atoms with Gasteiger partial charge in [0.25, 0.3) is 0 Å². The van der Waals surface area contributed by atoms with E-state index in [-0.39, 0.29) is 0 Å². The van der Waals surface area contributed by atoms with Crippen molar-refractivity contribution in [1.29, 1.82) is 0 Å². The highest BCUT2D eigenvalue weighted by atomic mass is 16.2. The third-order valence-corrected chi connectivity index (χ3v) is 0.906. The number of nitrogens with one attached hydrogen (secondary N) is 1. The van der Waals surface area contributed by atoms with Crippen LogP contribution in [0.2, 0.25) is 0 Å². The summed E-state index contributed by atoms with van der Waals surface area (Å²) in [5.74, 6) is 0. The summed E-state index contributed by atoms with van der Waals surface area (Å²) >= 11 is 0. The van der Waals surface area contributed by atoms with Gasteiger partial charge in [-0.2, -0.15) is 0 Å². The zero-order valence-electron chi connectivity index (χ0n) is 5.27. The van der Waals surface area contributed by atoms with Crippen molar-refractivity contribution in [2.45, 2.75) is 13.3 Å². The lowest BCUT2D eigenvalue weighted by Gasteiger charge is -2.09. The van der Waals surface area contributed by atoms with Gasteiger partial charge in [-0.15, -0.1) is 0 Å². The minimum atomic E-state index is -0.605. The fourth-order valence-corrected chi connectivity index (χ4v) is 0.437. The number of carbonyl (C=O) groups is 1. The van der Waals surface area contributed by atoms with Gasteiger partial charge in [0.1, 0.15) is 0 Å². The summed E-state index contributed by atoms with van der Waals surface area (Å²) in [6.45, 7) is 2.65. The summed E-state index contributed by atoms with van der Waals surface area (Å²) in [7, 11) is 1.62. The Morgan fingerprint density at radius 2 is 2.25 bits per heavy atom. The zero-order chi connectivity index (χ0) is 6.57. The molecule has 3 heteroatoms. The average Bonchev–Trinajstić information content (AvgIpc) is 1.67. The van der Waals surface area contributed by atoms with Gasteiger partial charge in [-0.25, -0.2) is 10.5 Å². The Morgan fingerprint density at radius 1 is 1.75 bits per heavy atom. The molecule has 3 nitrogen and oxygen atoms in total. The lowest BCUT2D eigenvalue weighted by atomic mass is 10.4. The quantitative estimate of drug-likeness (QED) is 0.523. The molecule has 0 unspecified atom stereocenters. The number of amides is 2. The van der Waals surface area contributed by atoms with Crippen LogP contribution in [-0.2, 0) is 0 Å².